The van der Waals surface area contributed by atoms with Gasteiger partial charge in [-0.25, -0.2) is 9.59 Å². The molecule has 1 aliphatic heterocycles. The highest BCUT2D eigenvalue weighted by Crippen LogP contribution is 2.22. The van der Waals surface area contributed by atoms with Gasteiger partial charge in [-0.2, -0.15) is 0 Å². The zero-order chi connectivity index (χ0) is 15.6. The highest BCUT2D eigenvalue weighted by atomic mass is 35.5. The Kier molecular flexibility index (Phi) is 4.32. The number of piperazine rings is 1. The lowest BCUT2D eigenvalue weighted by Gasteiger charge is -2.32. The number of benzene rings is 1. The largest absolute Gasteiger partial charge is 0.478 e. The Morgan fingerprint density at radius 2 is 2.19 bits per heavy atom. The first-order valence-corrected chi connectivity index (χ1v) is 6.66. The van der Waals surface area contributed by atoms with Gasteiger partial charge in [-0.15, -0.1) is 0 Å². The number of urea groups is 1. The summed E-state index contributed by atoms with van der Waals surface area (Å²) in [5, 5.41) is 14.5. The Morgan fingerprint density at radius 1 is 1.48 bits per heavy atom. The first-order chi connectivity index (χ1) is 9.90. The standard InChI is InChI=1S/C13H14ClN3O4/c1-7-11(18)15-4-5-17(7)13(21)16-10-6-8(14)2-3-9(10)12(19)20/h2-3,6-7H,4-5H2,1H3,(H,15,18)(H,16,21)(H,19,20). The normalized spacial score (nSPS) is 18.1. The van der Waals surface area contributed by atoms with E-state index in [1.807, 2.05) is 0 Å². The van der Waals surface area contributed by atoms with Crippen LogP contribution in [0.5, 0.6) is 0 Å². The number of aromatic carboxylic acids is 1. The van der Waals surface area contributed by atoms with E-state index >= 15 is 0 Å². The van der Waals surface area contributed by atoms with Crippen LogP contribution in [0.25, 0.3) is 0 Å². The highest BCUT2D eigenvalue weighted by molar-refractivity contribution is 6.31. The fraction of sp³-hybridized carbons (Fsp3) is 0.308. The van der Waals surface area contributed by atoms with E-state index in [-0.39, 0.29) is 17.2 Å². The Hall–Kier alpha value is -2.28. The van der Waals surface area contributed by atoms with Gasteiger partial charge in [0.2, 0.25) is 5.91 Å². The molecule has 1 aromatic rings. The van der Waals surface area contributed by atoms with Crippen LogP contribution in [0, 0.1) is 0 Å². The minimum Gasteiger partial charge on any atom is -0.478 e. The molecule has 21 heavy (non-hydrogen) atoms. The van der Waals surface area contributed by atoms with Gasteiger partial charge in [-0.3, -0.25) is 4.79 Å². The number of halogens is 1. The molecule has 1 fully saturated rings. The summed E-state index contributed by atoms with van der Waals surface area (Å²) in [4.78, 5) is 36.2. The summed E-state index contributed by atoms with van der Waals surface area (Å²) in [6.07, 6.45) is 0. The monoisotopic (exact) mass is 311 g/mol. The third-order valence-electron chi connectivity index (χ3n) is 3.21. The van der Waals surface area contributed by atoms with Gasteiger partial charge in [0.25, 0.3) is 0 Å². The number of carboxylic acid groups (broad SMARTS) is 1. The van der Waals surface area contributed by atoms with Crippen LogP contribution in [0.2, 0.25) is 5.02 Å². The van der Waals surface area contributed by atoms with E-state index in [9.17, 15) is 14.4 Å². The minimum absolute atomic E-state index is 0.0677. The number of carbonyl (C=O) groups is 3. The van der Waals surface area contributed by atoms with E-state index in [2.05, 4.69) is 10.6 Å². The third kappa shape index (κ3) is 3.25. The second-order valence-electron chi connectivity index (χ2n) is 4.59. The van der Waals surface area contributed by atoms with Crippen LogP contribution in [0.15, 0.2) is 18.2 Å². The van der Waals surface area contributed by atoms with Gasteiger partial charge in [0.05, 0.1) is 11.3 Å². The molecule has 0 bridgehead atoms. The van der Waals surface area contributed by atoms with Crippen molar-refractivity contribution in [3.8, 4) is 0 Å². The van der Waals surface area contributed by atoms with Crippen LogP contribution in [0.1, 0.15) is 17.3 Å². The smallest absolute Gasteiger partial charge is 0.337 e. The molecule has 7 nitrogen and oxygen atoms in total. The molecule has 0 aliphatic carbocycles. The summed E-state index contributed by atoms with van der Waals surface area (Å²) in [5.41, 5.74) is 0.0278. The molecule has 3 N–H and O–H groups in total. The fourth-order valence-corrected chi connectivity index (χ4v) is 2.23. The summed E-state index contributed by atoms with van der Waals surface area (Å²) in [6, 6.07) is 2.94. The molecule has 8 heteroatoms. The lowest BCUT2D eigenvalue weighted by Crippen LogP contribution is -2.56. The molecule has 0 aromatic heterocycles. The lowest BCUT2D eigenvalue weighted by atomic mass is 10.1. The van der Waals surface area contributed by atoms with E-state index < -0.39 is 18.0 Å². The predicted octanol–water partition coefficient (Wildman–Crippen LogP) is 1.39. The second-order valence-corrected chi connectivity index (χ2v) is 5.02. The van der Waals surface area contributed by atoms with Gasteiger partial charge in [0.1, 0.15) is 6.04 Å². The van der Waals surface area contributed by atoms with Gasteiger partial charge in [0.15, 0.2) is 0 Å². The van der Waals surface area contributed by atoms with Crippen molar-refractivity contribution in [1.82, 2.24) is 10.2 Å². The quantitative estimate of drug-likeness (QED) is 0.768. The highest BCUT2D eigenvalue weighted by Gasteiger charge is 2.29. The summed E-state index contributed by atoms with van der Waals surface area (Å²) in [5.74, 6) is -1.42. The zero-order valence-electron chi connectivity index (χ0n) is 11.2. The molecule has 112 valence electrons. The molecule has 1 atom stereocenters. The first-order valence-electron chi connectivity index (χ1n) is 6.28. The number of amides is 3. The number of anilines is 1. The van der Waals surface area contributed by atoms with Gasteiger partial charge in [-0.05, 0) is 25.1 Å². The molecule has 2 rings (SSSR count). The number of rotatable bonds is 2. The maximum Gasteiger partial charge on any atom is 0.337 e. The number of carboxylic acids is 1. The molecular formula is C13H14ClN3O4. The number of hydrogen-bond donors (Lipinski definition) is 3. The van der Waals surface area contributed by atoms with Gasteiger partial charge in [0, 0.05) is 18.1 Å². The zero-order valence-corrected chi connectivity index (χ0v) is 12.0. The van der Waals surface area contributed by atoms with Crippen molar-refractivity contribution in [2.75, 3.05) is 18.4 Å². The predicted molar refractivity (Wildman–Crippen MR) is 76.6 cm³/mol. The Bertz CT molecular complexity index is 605. The van der Waals surface area contributed by atoms with Gasteiger partial charge < -0.3 is 20.6 Å². The molecule has 1 saturated heterocycles. The SMILES string of the molecule is CC1C(=O)NCCN1C(=O)Nc1cc(Cl)ccc1C(=O)O. The van der Waals surface area contributed by atoms with Gasteiger partial charge >= 0.3 is 12.0 Å². The maximum absolute atomic E-state index is 12.2. The molecule has 0 saturated carbocycles. The van der Waals surface area contributed by atoms with Crippen molar-refractivity contribution in [3.63, 3.8) is 0 Å². The summed E-state index contributed by atoms with van der Waals surface area (Å²) in [7, 11) is 0. The third-order valence-corrected chi connectivity index (χ3v) is 3.45. The van der Waals surface area contributed by atoms with Crippen molar-refractivity contribution < 1.29 is 19.5 Å². The van der Waals surface area contributed by atoms with Crippen molar-refractivity contribution in [1.29, 1.82) is 0 Å². The van der Waals surface area contributed by atoms with Crippen LogP contribution >= 0.6 is 11.6 Å². The average molecular weight is 312 g/mol. The summed E-state index contributed by atoms with van der Waals surface area (Å²) >= 11 is 5.82. The molecule has 0 spiro atoms. The molecule has 0 radical (unpaired) electrons. The van der Waals surface area contributed by atoms with E-state index in [1.165, 1.54) is 23.1 Å². The van der Waals surface area contributed by atoms with E-state index in [4.69, 9.17) is 16.7 Å². The molecule has 1 aromatic carbocycles. The number of hydrogen-bond acceptors (Lipinski definition) is 3. The van der Waals surface area contributed by atoms with Crippen LogP contribution in [0.4, 0.5) is 10.5 Å². The van der Waals surface area contributed by atoms with Crippen molar-refractivity contribution >= 4 is 35.2 Å². The van der Waals surface area contributed by atoms with Crippen molar-refractivity contribution in [3.05, 3.63) is 28.8 Å². The number of carbonyl (C=O) groups excluding carboxylic acids is 2. The van der Waals surface area contributed by atoms with Crippen molar-refractivity contribution in [2.24, 2.45) is 0 Å². The summed E-state index contributed by atoms with van der Waals surface area (Å²) < 4.78 is 0. The fourth-order valence-electron chi connectivity index (χ4n) is 2.05. The van der Waals surface area contributed by atoms with E-state index in [1.54, 1.807) is 6.92 Å². The van der Waals surface area contributed by atoms with Crippen molar-refractivity contribution in [2.45, 2.75) is 13.0 Å². The van der Waals surface area contributed by atoms with Gasteiger partial charge in [-0.1, -0.05) is 11.6 Å². The Labute approximate surface area is 125 Å². The van der Waals surface area contributed by atoms with Crippen LogP contribution in [-0.4, -0.2) is 47.0 Å². The minimum atomic E-state index is -1.17. The number of nitrogens with zero attached hydrogens (tertiary/aromatic N) is 1. The molecule has 1 aliphatic rings. The second kappa shape index (κ2) is 6.01. The first kappa shape index (κ1) is 15.1. The maximum atomic E-state index is 12.2. The van der Waals surface area contributed by atoms with E-state index in [0.29, 0.717) is 18.1 Å². The average Bonchev–Trinajstić information content (AvgIpc) is 2.41. The molecule has 3 amide bonds. The number of nitrogens with one attached hydrogen (secondary N) is 2. The van der Waals surface area contributed by atoms with Crippen LogP contribution in [-0.2, 0) is 4.79 Å². The lowest BCUT2D eigenvalue weighted by molar-refractivity contribution is -0.126. The molecule has 1 unspecified atom stereocenters. The Balaban J connectivity index is 2.21. The molecule has 1 heterocycles. The Morgan fingerprint density at radius 3 is 2.86 bits per heavy atom. The topological polar surface area (TPSA) is 98.7 Å². The van der Waals surface area contributed by atoms with Crippen LogP contribution in [0.3, 0.4) is 0 Å². The molecular weight excluding hydrogens is 298 g/mol. The van der Waals surface area contributed by atoms with Crippen LogP contribution < -0.4 is 10.6 Å². The van der Waals surface area contributed by atoms with E-state index in [0.717, 1.165) is 0 Å². The summed E-state index contributed by atoms with van der Waals surface area (Å²) in [6.45, 7) is 2.31.